The molecule has 2 atom stereocenters. The van der Waals surface area contributed by atoms with Gasteiger partial charge in [-0.3, -0.25) is 9.59 Å². The molecule has 1 saturated heterocycles. The molecule has 2 unspecified atom stereocenters. The molecule has 1 saturated carbocycles. The Labute approximate surface area is 122 Å². The number of nitrogens with zero attached hydrogens (tertiary/aromatic N) is 1. The van der Waals surface area contributed by atoms with Crippen LogP contribution in [0.5, 0.6) is 0 Å². The first-order valence-electron chi connectivity index (χ1n) is 7.88. The third-order valence-electron chi connectivity index (χ3n) is 5.10. The lowest BCUT2D eigenvalue weighted by molar-refractivity contribution is -0.157. The summed E-state index contributed by atoms with van der Waals surface area (Å²) in [6.45, 7) is 11.0. The average Bonchev–Trinajstić information content (AvgIpc) is 3.20. The predicted octanol–water partition coefficient (Wildman–Crippen LogP) is 2.33. The Balaban J connectivity index is 2.28. The fraction of sp³-hybridized carbons (Fsp3) is 0.875. The number of piperazine rings is 1. The number of rotatable bonds is 5. The van der Waals surface area contributed by atoms with Crippen molar-refractivity contribution in [3.05, 3.63) is 0 Å². The fourth-order valence-electron chi connectivity index (χ4n) is 3.07. The van der Waals surface area contributed by atoms with Gasteiger partial charge in [0.1, 0.15) is 11.6 Å². The van der Waals surface area contributed by atoms with Crippen LogP contribution < -0.4 is 5.32 Å². The van der Waals surface area contributed by atoms with Gasteiger partial charge < -0.3 is 10.2 Å². The van der Waals surface area contributed by atoms with Gasteiger partial charge in [-0.15, -0.1) is 0 Å². The summed E-state index contributed by atoms with van der Waals surface area (Å²) in [4.78, 5) is 27.2. The van der Waals surface area contributed by atoms with E-state index in [9.17, 15) is 9.59 Å². The van der Waals surface area contributed by atoms with E-state index in [1.807, 2.05) is 18.7 Å². The molecule has 4 heteroatoms. The molecule has 0 aromatic carbocycles. The number of amides is 2. The minimum atomic E-state index is -0.674. The van der Waals surface area contributed by atoms with Crippen molar-refractivity contribution in [2.45, 2.75) is 71.9 Å². The lowest BCUT2D eigenvalue weighted by Gasteiger charge is -2.47. The summed E-state index contributed by atoms with van der Waals surface area (Å²) in [7, 11) is 0. The third kappa shape index (κ3) is 2.57. The van der Waals surface area contributed by atoms with Gasteiger partial charge in [0.2, 0.25) is 11.8 Å². The van der Waals surface area contributed by atoms with Crippen LogP contribution in [0.1, 0.15) is 60.3 Å². The first kappa shape index (κ1) is 15.3. The van der Waals surface area contributed by atoms with Crippen LogP contribution in [0.4, 0.5) is 0 Å². The second-order valence-corrected chi connectivity index (χ2v) is 7.34. The van der Waals surface area contributed by atoms with Crippen LogP contribution in [0.15, 0.2) is 0 Å². The maximum atomic E-state index is 12.9. The van der Waals surface area contributed by atoms with Gasteiger partial charge in [0.25, 0.3) is 0 Å². The molecule has 1 aliphatic heterocycles. The van der Waals surface area contributed by atoms with Gasteiger partial charge >= 0.3 is 0 Å². The van der Waals surface area contributed by atoms with Gasteiger partial charge in [-0.2, -0.15) is 0 Å². The molecule has 0 spiro atoms. The van der Waals surface area contributed by atoms with Crippen molar-refractivity contribution in [2.24, 2.45) is 11.3 Å². The quantitative estimate of drug-likeness (QED) is 0.840. The maximum absolute atomic E-state index is 12.9. The molecule has 0 aromatic heterocycles. The summed E-state index contributed by atoms with van der Waals surface area (Å²) in [5.74, 6) is 0.463. The van der Waals surface area contributed by atoms with Crippen molar-refractivity contribution in [3.63, 3.8) is 0 Å². The van der Waals surface area contributed by atoms with E-state index in [2.05, 4.69) is 26.1 Å². The maximum Gasteiger partial charge on any atom is 0.249 e. The molecule has 4 nitrogen and oxygen atoms in total. The largest absolute Gasteiger partial charge is 0.340 e. The molecule has 0 bridgehead atoms. The second-order valence-electron chi connectivity index (χ2n) is 7.34. The van der Waals surface area contributed by atoms with Crippen molar-refractivity contribution < 1.29 is 9.59 Å². The minimum Gasteiger partial charge on any atom is -0.340 e. The van der Waals surface area contributed by atoms with Gasteiger partial charge in [0.15, 0.2) is 0 Å². The summed E-state index contributed by atoms with van der Waals surface area (Å²) in [5.41, 5.74) is -0.627. The predicted molar refractivity (Wildman–Crippen MR) is 79.1 cm³/mol. The standard InChI is InChI=1S/C16H28N2O2/c1-6-12-13(19)17-16(5,11-8-9-11)14(20)18(12)10-15(3,4)7-2/h11-12H,6-10H2,1-5H3,(H,17,19). The summed E-state index contributed by atoms with van der Waals surface area (Å²) in [6, 6.07) is -0.305. The summed E-state index contributed by atoms with van der Waals surface area (Å²) in [6.07, 6.45) is 3.77. The number of hydrogen-bond donors (Lipinski definition) is 1. The molecule has 2 amide bonds. The molecule has 1 heterocycles. The van der Waals surface area contributed by atoms with Crippen LogP contribution in [0, 0.1) is 11.3 Å². The summed E-state index contributed by atoms with van der Waals surface area (Å²) < 4.78 is 0. The van der Waals surface area contributed by atoms with Crippen LogP contribution in [0.2, 0.25) is 0 Å². The van der Waals surface area contributed by atoms with Crippen molar-refractivity contribution in [3.8, 4) is 0 Å². The Kier molecular flexibility index (Phi) is 3.87. The minimum absolute atomic E-state index is 0.0217. The zero-order valence-corrected chi connectivity index (χ0v) is 13.5. The van der Waals surface area contributed by atoms with E-state index < -0.39 is 5.54 Å². The van der Waals surface area contributed by atoms with E-state index in [0.29, 0.717) is 18.9 Å². The van der Waals surface area contributed by atoms with Crippen LogP contribution in [0.3, 0.4) is 0 Å². The highest BCUT2D eigenvalue weighted by Crippen LogP contribution is 2.43. The third-order valence-corrected chi connectivity index (χ3v) is 5.10. The molecule has 2 aliphatic rings. The van der Waals surface area contributed by atoms with Gasteiger partial charge in [-0.1, -0.05) is 27.7 Å². The highest BCUT2D eigenvalue weighted by molar-refractivity contribution is 6.00. The van der Waals surface area contributed by atoms with E-state index in [1.165, 1.54) is 0 Å². The van der Waals surface area contributed by atoms with Crippen molar-refractivity contribution >= 4 is 11.8 Å². The highest BCUT2D eigenvalue weighted by atomic mass is 16.2. The van der Waals surface area contributed by atoms with E-state index in [4.69, 9.17) is 0 Å². The Bertz CT molecular complexity index is 415. The number of hydrogen-bond acceptors (Lipinski definition) is 2. The molecule has 2 fully saturated rings. The van der Waals surface area contributed by atoms with Crippen molar-refractivity contribution in [2.75, 3.05) is 6.54 Å². The van der Waals surface area contributed by atoms with Gasteiger partial charge in [-0.05, 0) is 43.9 Å². The van der Waals surface area contributed by atoms with E-state index in [-0.39, 0.29) is 23.3 Å². The van der Waals surface area contributed by atoms with Crippen molar-refractivity contribution in [1.82, 2.24) is 10.2 Å². The number of carbonyl (C=O) groups is 2. The molecule has 2 rings (SSSR count). The SMILES string of the molecule is CCC1C(=O)NC(C)(C2CC2)C(=O)N1CC(C)(C)CC. The molecule has 1 aliphatic carbocycles. The van der Waals surface area contributed by atoms with E-state index >= 15 is 0 Å². The normalized spacial score (nSPS) is 31.4. The van der Waals surface area contributed by atoms with Gasteiger partial charge in [0, 0.05) is 6.54 Å². The zero-order valence-electron chi connectivity index (χ0n) is 13.5. The highest BCUT2D eigenvalue weighted by Gasteiger charge is 2.55. The smallest absolute Gasteiger partial charge is 0.249 e. The molecular weight excluding hydrogens is 252 g/mol. The molecule has 0 aromatic rings. The summed E-state index contributed by atoms with van der Waals surface area (Å²) in [5, 5.41) is 3.01. The fourth-order valence-corrected chi connectivity index (χ4v) is 3.07. The average molecular weight is 280 g/mol. The van der Waals surface area contributed by atoms with E-state index in [1.54, 1.807) is 0 Å². The first-order chi connectivity index (χ1) is 9.25. The topological polar surface area (TPSA) is 49.4 Å². The molecule has 114 valence electrons. The van der Waals surface area contributed by atoms with Crippen LogP contribution in [-0.2, 0) is 9.59 Å². The molecule has 1 N–H and O–H groups in total. The molecule has 0 radical (unpaired) electrons. The lowest BCUT2D eigenvalue weighted by atomic mass is 9.84. The zero-order chi connectivity index (χ0) is 15.1. The molecule has 20 heavy (non-hydrogen) atoms. The van der Waals surface area contributed by atoms with Crippen LogP contribution in [0.25, 0.3) is 0 Å². The van der Waals surface area contributed by atoms with E-state index in [0.717, 1.165) is 19.3 Å². The van der Waals surface area contributed by atoms with Crippen molar-refractivity contribution in [1.29, 1.82) is 0 Å². The number of nitrogens with one attached hydrogen (secondary N) is 1. The second kappa shape index (κ2) is 5.05. The van der Waals surface area contributed by atoms with Crippen LogP contribution >= 0.6 is 0 Å². The molecular formula is C16H28N2O2. The Morgan fingerprint density at radius 3 is 2.35 bits per heavy atom. The Morgan fingerprint density at radius 2 is 1.90 bits per heavy atom. The Hall–Kier alpha value is -1.06. The summed E-state index contributed by atoms with van der Waals surface area (Å²) >= 11 is 0. The number of carbonyl (C=O) groups excluding carboxylic acids is 2. The lowest BCUT2D eigenvalue weighted by Crippen LogP contribution is -2.70. The van der Waals surface area contributed by atoms with Gasteiger partial charge in [0.05, 0.1) is 0 Å². The first-order valence-corrected chi connectivity index (χ1v) is 7.88. The Morgan fingerprint density at radius 1 is 1.30 bits per heavy atom. The monoisotopic (exact) mass is 280 g/mol. The van der Waals surface area contributed by atoms with Crippen LogP contribution in [-0.4, -0.2) is 34.8 Å². The van der Waals surface area contributed by atoms with Gasteiger partial charge in [-0.25, -0.2) is 0 Å².